The topological polar surface area (TPSA) is 93.2 Å². The van der Waals surface area contributed by atoms with Crippen LogP contribution in [0.5, 0.6) is 5.75 Å². The summed E-state index contributed by atoms with van der Waals surface area (Å²) in [6.07, 6.45) is -4.87. The number of para-hydroxylation sites is 2. The molecule has 1 aromatic heterocycles. The largest absolute Gasteiger partial charge is 0.495 e. The fourth-order valence-electron chi connectivity index (χ4n) is 3.46. The molecule has 11 heteroatoms. The number of nitrogens with zero attached hydrogens (tertiary/aromatic N) is 2. The van der Waals surface area contributed by atoms with Gasteiger partial charge in [-0.15, -0.1) is 0 Å². The molecule has 4 rings (SSSR count). The van der Waals surface area contributed by atoms with Crippen LogP contribution in [-0.4, -0.2) is 25.5 Å². The van der Waals surface area contributed by atoms with Gasteiger partial charge in [-0.05, 0) is 61.4 Å². The second-order valence-corrected chi connectivity index (χ2v) is 9.42. The van der Waals surface area contributed by atoms with Gasteiger partial charge in [-0.3, -0.25) is 4.72 Å². The highest BCUT2D eigenvalue weighted by Gasteiger charge is 2.37. The summed E-state index contributed by atoms with van der Waals surface area (Å²) >= 11 is 0. The van der Waals surface area contributed by atoms with Crippen LogP contribution in [0.15, 0.2) is 65.6 Å². The number of aryl methyl sites for hydroxylation is 2. The van der Waals surface area contributed by atoms with E-state index in [2.05, 4.69) is 20.0 Å². The van der Waals surface area contributed by atoms with E-state index in [-0.39, 0.29) is 11.6 Å². The molecule has 0 spiro atoms. The Morgan fingerprint density at radius 3 is 2.06 bits per heavy atom. The molecule has 0 unspecified atom stereocenters. The number of fused-ring (bicyclic) bond motifs is 1. The number of alkyl halides is 3. The SMILES string of the molecule is COc1ccccc1Nc1nc2cc(C)c(C)cc2nc1NS(=O)(=O)c1ccccc1C(F)(F)F. The average Bonchev–Trinajstić information content (AvgIpc) is 2.80. The van der Waals surface area contributed by atoms with Crippen molar-refractivity contribution in [2.24, 2.45) is 0 Å². The quantitative estimate of drug-likeness (QED) is 0.345. The monoisotopic (exact) mass is 502 g/mol. The molecular weight excluding hydrogens is 481 g/mol. The second-order valence-electron chi connectivity index (χ2n) is 7.77. The lowest BCUT2D eigenvalue weighted by Crippen LogP contribution is -2.20. The third kappa shape index (κ3) is 4.99. The normalized spacial score (nSPS) is 11.9. The first kappa shape index (κ1) is 24.3. The van der Waals surface area contributed by atoms with Crippen LogP contribution in [0, 0.1) is 13.8 Å². The summed E-state index contributed by atoms with van der Waals surface area (Å²) in [6, 6.07) is 14.3. The molecule has 35 heavy (non-hydrogen) atoms. The predicted octanol–water partition coefficient (Wildman–Crippen LogP) is 5.82. The van der Waals surface area contributed by atoms with E-state index in [4.69, 9.17) is 4.74 Å². The molecule has 0 aliphatic rings. The second kappa shape index (κ2) is 9.06. The number of halogens is 3. The Kier molecular flexibility index (Phi) is 6.28. The van der Waals surface area contributed by atoms with Crippen molar-refractivity contribution in [3.8, 4) is 5.75 Å². The minimum atomic E-state index is -4.87. The van der Waals surface area contributed by atoms with E-state index in [0.717, 1.165) is 23.3 Å². The molecule has 0 bridgehead atoms. The van der Waals surface area contributed by atoms with Gasteiger partial charge in [0.2, 0.25) is 0 Å². The van der Waals surface area contributed by atoms with Gasteiger partial charge < -0.3 is 10.1 Å². The standard InChI is InChI=1S/C24H21F3N4O3S/c1-14-12-18-19(13-15(14)2)30-23(22(29-18)28-17-9-5-6-10-20(17)34-3)31-35(32,33)21-11-7-4-8-16(21)24(25,26)27/h4-13H,1-3H3,(H,28,29)(H,30,31). The van der Waals surface area contributed by atoms with Crippen molar-refractivity contribution in [2.75, 3.05) is 17.1 Å². The molecule has 182 valence electrons. The molecule has 0 atom stereocenters. The van der Waals surface area contributed by atoms with E-state index < -0.39 is 26.7 Å². The average molecular weight is 503 g/mol. The summed E-state index contributed by atoms with van der Waals surface area (Å²) in [6.45, 7) is 3.76. The fraction of sp³-hybridized carbons (Fsp3) is 0.167. The number of aromatic nitrogens is 2. The van der Waals surface area contributed by atoms with Crippen molar-refractivity contribution in [2.45, 2.75) is 24.9 Å². The Labute approximate surface area is 200 Å². The van der Waals surface area contributed by atoms with Gasteiger partial charge in [0.05, 0.1) is 34.3 Å². The van der Waals surface area contributed by atoms with Crippen LogP contribution >= 0.6 is 0 Å². The summed E-state index contributed by atoms with van der Waals surface area (Å²) < 4.78 is 74.3. The van der Waals surface area contributed by atoms with Gasteiger partial charge in [-0.1, -0.05) is 24.3 Å². The number of rotatable bonds is 6. The number of ether oxygens (including phenoxy) is 1. The van der Waals surface area contributed by atoms with Crippen molar-refractivity contribution in [3.05, 3.63) is 77.4 Å². The summed E-state index contributed by atoms with van der Waals surface area (Å²) in [5.41, 5.74) is 1.87. The molecule has 7 nitrogen and oxygen atoms in total. The van der Waals surface area contributed by atoms with Crippen LogP contribution in [0.2, 0.25) is 0 Å². The smallest absolute Gasteiger partial charge is 0.417 e. The van der Waals surface area contributed by atoms with Crippen molar-refractivity contribution >= 4 is 38.4 Å². The number of anilines is 3. The maximum atomic E-state index is 13.5. The Morgan fingerprint density at radius 1 is 0.857 bits per heavy atom. The van der Waals surface area contributed by atoms with Gasteiger partial charge in [0.1, 0.15) is 5.75 Å². The Balaban J connectivity index is 1.87. The van der Waals surface area contributed by atoms with E-state index in [1.807, 2.05) is 13.8 Å². The molecule has 0 radical (unpaired) electrons. The van der Waals surface area contributed by atoms with Gasteiger partial charge in [-0.2, -0.15) is 13.2 Å². The van der Waals surface area contributed by atoms with Crippen molar-refractivity contribution < 1.29 is 26.3 Å². The van der Waals surface area contributed by atoms with Crippen LogP contribution in [-0.2, 0) is 16.2 Å². The molecule has 0 aliphatic carbocycles. The van der Waals surface area contributed by atoms with Gasteiger partial charge in [0.25, 0.3) is 10.0 Å². The number of benzene rings is 3. The molecule has 2 N–H and O–H groups in total. The van der Waals surface area contributed by atoms with Crippen molar-refractivity contribution in [3.63, 3.8) is 0 Å². The molecule has 0 saturated heterocycles. The highest BCUT2D eigenvalue weighted by atomic mass is 32.2. The molecule has 1 heterocycles. The maximum Gasteiger partial charge on any atom is 0.417 e. The molecule has 4 aromatic rings. The first-order chi connectivity index (χ1) is 16.5. The zero-order chi connectivity index (χ0) is 25.4. The van der Waals surface area contributed by atoms with Crippen LogP contribution in [0.3, 0.4) is 0 Å². The lowest BCUT2D eigenvalue weighted by atomic mass is 10.1. The molecule has 0 amide bonds. The number of methoxy groups -OCH3 is 1. The van der Waals surface area contributed by atoms with Gasteiger partial charge >= 0.3 is 6.18 Å². The van der Waals surface area contributed by atoms with E-state index in [1.54, 1.807) is 36.4 Å². The molecule has 0 fully saturated rings. The summed E-state index contributed by atoms with van der Waals surface area (Å²) in [5, 5.41) is 2.99. The third-order valence-corrected chi connectivity index (χ3v) is 6.75. The van der Waals surface area contributed by atoms with Gasteiger partial charge in [0.15, 0.2) is 11.6 Å². The molecular formula is C24H21F3N4O3S. The van der Waals surface area contributed by atoms with Crippen LogP contribution in [0.25, 0.3) is 11.0 Å². The Morgan fingerprint density at radius 2 is 1.43 bits per heavy atom. The van der Waals surface area contributed by atoms with E-state index in [1.165, 1.54) is 13.2 Å². The minimum absolute atomic E-state index is 0.00156. The highest BCUT2D eigenvalue weighted by Crippen LogP contribution is 2.36. The third-order valence-electron chi connectivity index (χ3n) is 5.35. The first-order valence-corrected chi connectivity index (χ1v) is 11.9. The number of hydrogen-bond donors (Lipinski definition) is 2. The Hall–Kier alpha value is -3.86. The van der Waals surface area contributed by atoms with Crippen molar-refractivity contribution in [1.82, 2.24) is 9.97 Å². The predicted molar refractivity (Wildman–Crippen MR) is 128 cm³/mol. The zero-order valence-corrected chi connectivity index (χ0v) is 19.8. The van der Waals surface area contributed by atoms with E-state index >= 15 is 0 Å². The van der Waals surface area contributed by atoms with Crippen molar-refractivity contribution in [1.29, 1.82) is 0 Å². The number of sulfonamides is 1. The van der Waals surface area contributed by atoms with Crippen LogP contribution in [0.1, 0.15) is 16.7 Å². The van der Waals surface area contributed by atoms with E-state index in [0.29, 0.717) is 28.5 Å². The zero-order valence-electron chi connectivity index (χ0n) is 18.9. The number of nitrogens with one attached hydrogen (secondary N) is 2. The molecule has 3 aromatic carbocycles. The lowest BCUT2D eigenvalue weighted by Gasteiger charge is -2.17. The van der Waals surface area contributed by atoms with Gasteiger partial charge in [-0.25, -0.2) is 18.4 Å². The van der Waals surface area contributed by atoms with E-state index in [9.17, 15) is 21.6 Å². The van der Waals surface area contributed by atoms with Crippen LogP contribution in [0.4, 0.5) is 30.5 Å². The summed E-state index contributed by atoms with van der Waals surface area (Å²) in [4.78, 5) is 7.99. The Bertz CT molecular complexity index is 1520. The minimum Gasteiger partial charge on any atom is -0.495 e. The summed E-state index contributed by atoms with van der Waals surface area (Å²) in [7, 11) is -3.22. The lowest BCUT2D eigenvalue weighted by molar-refractivity contribution is -0.139. The highest BCUT2D eigenvalue weighted by molar-refractivity contribution is 7.92. The fourth-order valence-corrected chi connectivity index (χ4v) is 4.70. The molecule has 0 aliphatic heterocycles. The number of hydrogen-bond acceptors (Lipinski definition) is 6. The summed E-state index contributed by atoms with van der Waals surface area (Å²) in [5.74, 6) is 0.188. The first-order valence-electron chi connectivity index (χ1n) is 10.4. The maximum absolute atomic E-state index is 13.5. The molecule has 0 saturated carbocycles. The van der Waals surface area contributed by atoms with Gasteiger partial charge in [0, 0.05) is 0 Å². The van der Waals surface area contributed by atoms with Crippen LogP contribution < -0.4 is 14.8 Å².